The number of benzene rings is 3. The van der Waals surface area contributed by atoms with E-state index in [4.69, 9.17) is 0 Å². The van der Waals surface area contributed by atoms with Crippen molar-refractivity contribution in [3.8, 4) is 0 Å². The molecule has 1 saturated carbocycles. The second-order valence-corrected chi connectivity index (χ2v) is 8.13. The van der Waals surface area contributed by atoms with Gasteiger partial charge in [-0.3, -0.25) is 9.52 Å². The number of nitrogens with one attached hydrogen (secondary N) is 2. The van der Waals surface area contributed by atoms with Crippen LogP contribution in [0, 0.1) is 0 Å². The SMILES string of the molecule is O=C(NC1CC1)c1cccc(NS(=O)(=O)c2ccc3ccccc3c2)c1. The monoisotopic (exact) mass is 366 g/mol. The summed E-state index contributed by atoms with van der Waals surface area (Å²) in [5.74, 6) is -0.181. The van der Waals surface area contributed by atoms with Gasteiger partial charge in [0.1, 0.15) is 0 Å². The molecule has 3 aromatic carbocycles. The van der Waals surface area contributed by atoms with Gasteiger partial charge in [-0.15, -0.1) is 0 Å². The van der Waals surface area contributed by atoms with Crippen molar-refractivity contribution < 1.29 is 13.2 Å². The van der Waals surface area contributed by atoms with Crippen LogP contribution < -0.4 is 10.0 Å². The van der Waals surface area contributed by atoms with Gasteiger partial charge in [-0.2, -0.15) is 0 Å². The second kappa shape index (κ2) is 6.46. The van der Waals surface area contributed by atoms with Crippen molar-refractivity contribution in [1.29, 1.82) is 0 Å². The lowest BCUT2D eigenvalue weighted by Gasteiger charge is -2.10. The van der Waals surface area contributed by atoms with Crippen LogP contribution in [0.15, 0.2) is 71.6 Å². The molecule has 1 amide bonds. The molecule has 0 atom stereocenters. The van der Waals surface area contributed by atoms with E-state index in [0.29, 0.717) is 11.3 Å². The maximum atomic E-state index is 12.7. The van der Waals surface area contributed by atoms with Crippen LogP contribution in [-0.4, -0.2) is 20.4 Å². The average molecular weight is 366 g/mol. The van der Waals surface area contributed by atoms with E-state index in [2.05, 4.69) is 10.0 Å². The number of carbonyl (C=O) groups excluding carboxylic acids is 1. The van der Waals surface area contributed by atoms with Gasteiger partial charge in [0.2, 0.25) is 0 Å². The van der Waals surface area contributed by atoms with E-state index in [1.807, 2.05) is 24.3 Å². The zero-order chi connectivity index (χ0) is 18.1. The van der Waals surface area contributed by atoms with Crippen LogP contribution in [0.4, 0.5) is 5.69 Å². The summed E-state index contributed by atoms with van der Waals surface area (Å²) in [7, 11) is -3.74. The van der Waals surface area contributed by atoms with E-state index in [1.165, 1.54) is 0 Å². The summed E-state index contributed by atoms with van der Waals surface area (Å²) in [4.78, 5) is 12.3. The molecule has 0 aromatic heterocycles. The predicted octanol–water partition coefficient (Wildman–Crippen LogP) is 3.53. The number of carbonyl (C=O) groups is 1. The van der Waals surface area contributed by atoms with Crippen LogP contribution in [0.1, 0.15) is 23.2 Å². The molecule has 1 fully saturated rings. The number of hydrogen-bond acceptors (Lipinski definition) is 3. The molecule has 0 spiro atoms. The van der Waals surface area contributed by atoms with Crippen LogP contribution in [0.2, 0.25) is 0 Å². The Bertz CT molecular complexity index is 1090. The molecular weight excluding hydrogens is 348 g/mol. The predicted molar refractivity (Wildman–Crippen MR) is 102 cm³/mol. The minimum absolute atomic E-state index is 0.181. The van der Waals surface area contributed by atoms with Crippen molar-refractivity contribution in [2.75, 3.05) is 4.72 Å². The molecule has 4 rings (SSSR count). The third-order valence-electron chi connectivity index (χ3n) is 4.32. The lowest BCUT2D eigenvalue weighted by Crippen LogP contribution is -2.25. The van der Waals surface area contributed by atoms with Gasteiger partial charge in [0.25, 0.3) is 15.9 Å². The number of sulfonamides is 1. The third kappa shape index (κ3) is 3.55. The Hall–Kier alpha value is -2.86. The van der Waals surface area contributed by atoms with Gasteiger partial charge in [-0.25, -0.2) is 8.42 Å². The van der Waals surface area contributed by atoms with E-state index in [-0.39, 0.29) is 16.8 Å². The summed E-state index contributed by atoms with van der Waals surface area (Å²) < 4.78 is 28.0. The summed E-state index contributed by atoms with van der Waals surface area (Å²) in [5.41, 5.74) is 0.803. The topological polar surface area (TPSA) is 75.3 Å². The van der Waals surface area contributed by atoms with E-state index in [0.717, 1.165) is 23.6 Å². The first-order valence-electron chi connectivity index (χ1n) is 8.44. The molecule has 5 nitrogen and oxygen atoms in total. The summed E-state index contributed by atoms with van der Waals surface area (Å²) in [6, 6.07) is 19.4. The van der Waals surface area contributed by atoms with Gasteiger partial charge in [0.05, 0.1) is 4.90 Å². The normalized spacial score (nSPS) is 14.2. The summed E-state index contributed by atoms with van der Waals surface area (Å²) in [6.45, 7) is 0. The number of hydrogen-bond donors (Lipinski definition) is 2. The lowest BCUT2D eigenvalue weighted by molar-refractivity contribution is 0.0951. The molecule has 0 radical (unpaired) electrons. The maximum Gasteiger partial charge on any atom is 0.261 e. The first kappa shape index (κ1) is 16.6. The van der Waals surface area contributed by atoms with Gasteiger partial charge in [-0.1, -0.05) is 36.4 Å². The van der Waals surface area contributed by atoms with Crippen LogP contribution in [0.5, 0.6) is 0 Å². The molecule has 2 N–H and O–H groups in total. The fourth-order valence-electron chi connectivity index (χ4n) is 2.77. The summed E-state index contributed by atoms with van der Waals surface area (Å²) in [6.07, 6.45) is 2.00. The van der Waals surface area contributed by atoms with Gasteiger partial charge in [0.15, 0.2) is 0 Å². The van der Waals surface area contributed by atoms with E-state index >= 15 is 0 Å². The molecule has 6 heteroatoms. The number of rotatable bonds is 5. The standard InChI is InChI=1S/C20H18N2O3S/c23-20(21-17-9-10-17)16-6-3-7-18(12-16)22-26(24,25)19-11-8-14-4-1-2-5-15(14)13-19/h1-8,11-13,17,22H,9-10H2,(H,21,23). The average Bonchev–Trinajstić information content (AvgIpc) is 3.45. The number of anilines is 1. The maximum absolute atomic E-state index is 12.7. The Morgan fingerprint density at radius 1 is 0.885 bits per heavy atom. The second-order valence-electron chi connectivity index (χ2n) is 6.44. The van der Waals surface area contributed by atoms with Gasteiger partial charge < -0.3 is 5.32 Å². The van der Waals surface area contributed by atoms with Crippen LogP contribution >= 0.6 is 0 Å². The van der Waals surface area contributed by atoms with Gasteiger partial charge in [0, 0.05) is 17.3 Å². The molecule has 1 aliphatic carbocycles. The molecule has 26 heavy (non-hydrogen) atoms. The molecule has 0 saturated heterocycles. The molecule has 3 aromatic rings. The van der Waals surface area contributed by atoms with Crippen LogP contribution in [0.25, 0.3) is 10.8 Å². The summed E-state index contributed by atoms with van der Waals surface area (Å²) >= 11 is 0. The van der Waals surface area contributed by atoms with Crippen molar-refractivity contribution in [3.05, 3.63) is 72.3 Å². The molecule has 132 valence electrons. The Morgan fingerprint density at radius 3 is 2.42 bits per heavy atom. The number of amides is 1. The minimum atomic E-state index is -3.74. The van der Waals surface area contributed by atoms with Crippen LogP contribution in [0.3, 0.4) is 0 Å². The van der Waals surface area contributed by atoms with Crippen molar-refractivity contribution in [1.82, 2.24) is 5.32 Å². The first-order chi connectivity index (χ1) is 12.5. The van der Waals surface area contributed by atoms with Crippen LogP contribution in [-0.2, 0) is 10.0 Å². The van der Waals surface area contributed by atoms with Crippen molar-refractivity contribution in [2.45, 2.75) is 23.8 Å². The number of fused-ring (bicyclic) bond motifs is 1. The zero-order valence-electron chi connectivity index (χ0n) is 14.0. The largest absolute Gasteiger partial charge is 0.349 e. The van der Waals surface area contributed by atoms with Crippen molar-refractivity contribution in [2.24, 2.45) is 0 Å². The quantitative estimate of drug-likeness (QED) is 0.725. The van der Waals surface area contributed by atoms with Gasteiger partial charge in [-0.05, 0) is 53.9 Å². The molecule has 0 unspecified atom stereocenters. The summed E-state index contributed by atoms with van der Waals surface area (Å²) in [5, 5.41) is 4.73. The lowest BCUT2D eigenvalue weighted by atomic mass is 10.1. The van der Waals surface area contributed by atoms with Crippen molar-refractivity contribution in [3.63, 3.8) is 0 Å². The fourth-order valence-corrected chi connectivity index (χ4v) is 3.85. The highest BCUT2D eigenvalue weighted by Gasteiger charge is 2.24. The zero-order valence-corrected chi connectivity index (χ0v) is 14.8. The molecular formula is C20H18N2O3S. The highest BCUT2D eigenvalue weighted by atomic mass is 32.2. The molecule has 0 heterocycles. The fraction of sp³-hybridized carbons (Fsp3) is 0.150. The van der Waals surface area contributed by atoms with E-state index < -0.39 is 10.0 Å². The minimum Gasteiger partial charge on any atom is -0.349 e. The Kier molecular flexibility index (Phi) is 4.12. The Balaban J connectivity index is 1.59. The van der Waals surface area contributed by atoms with Crippen molar-refractivity contribution >= 4 is 32.4 Å². The third-order valence-corrected chi connectivity index (χ3v) is 5.70. The molecule has 0 bridgehead atoms. The molecule has 1 aliphatic rings. The highest BCUT2D eigenvalue weighted by Crippen LogP contribution is 2.23. The highest BCUT2D eigenvalue weighted by molar-refractivity contribution is 7.92. The Labute approximate surface area is 152 Å². The van der Waals surface area contributed by atoms with Gasteiger partial charge >= 0.3 is 0 Å². The Morgan fingerprint density at radius 2 is 1.65 bits per heavy atom. The first-order valence-corrected chi connectivity index (χ1v) is 9.92. The smallest absolute Gasteiger partial charge is 0.261 e. The molecule has 0 aliphatic heterocycles. The van der Waals surface area contributed by atoms with E-state index in [9.17, 15) is 13.2 Å². The van der Waals surface area contributed by atoms with E-state index in [1.54, 1.807) is 42.5 Å².